The highest BCUT2D eigenvalue weighted by Crippen LogP contribution is 1.91. The van der Waals surface area contributed by atoms with Crippen molar-refractivity contribution in [3.05, 3.63) is 12.2 Å². The molecule has 6 nitrogen and oxygen atoms in total. The molecule has 0 saturated heterocycles. The summed E-state index contributed by atoms with van der Waals surface area (Å²) in [6, 6.07) is 0. The van der Waals surface area contributed by atoms with E-state index >= 15 is 0 Å². The summed E-state index contributed by atoms with van der Waals surface area (Å²) in [5, 5.41) is 2.55. The summed E-state index contributed by atoms with van der Waals surface area (Å²) in [6.07, 6.45) is 1.41. The van der Waals surface area contributed by atoms with Gasteiger partial charge in [-0.3, -0.25) is 0 Å². The molecule has 0 aliphatic rings. The van der Waals surface area contributed by atoms with Gasteiger partial charge in [0, 0.05) is 12.1 Å². The number of amides is 1. The predicted molar refractivity (Wildman–Crippen MR) is 70.9 cm³/mol. The molecular weight excluding hydrogens is 250 g/mol. The summed E-state index contributed by atoms with van der Waals surface area (Å²) in [5.74, 6) is -0.429. The van der Waals surface area contributed by atoms with Crippen molar-refractivity contribution in [1.82, 2.24) is 5.32 Å². The number of rotatable bonds is 10. The highest BCUT2D eigenvalue weighted by molar-refractivity contribution is 5.86. The van der Waals surface area contributed by atoms with Crippen LogP contribution in [0.25, 0.3) is 0 Å². The second-order valence-electron chi connectivity index (χ2n) is 3.94. The largest absolute Gasteiger partial charge is 0.460 e. The van der Waals surface area contributed by atoms with Gasteiger partial charge < -0.3 is 19.5 Å². The third kappa shape index (κ3) is 11.3. The zero-order valence-electron chi connectivity index (χ0n) is 11.7. The Morgan fingerprint density at radius 3 is 2.47 bits per heavy atom. The maximum Gasteiger partial charge on any atom is 0.407 e. The zero-order chi connectivity index (χ0) is 14.5. The minimum Gasteiger partial charge on any atom is -0.460 e. The van der Waals surface area contributed by atoms with E-state index in [1.807, 2.05) is 6.92 Å². The molecule has 0 aliphatic carbocycles. The number of unbranched alkanes of at least 4 members (excludes halogenated alkanes) is 1. The molecule has 0 rings (SSSR count). The molecule has 0 aromatic rings. The fourth-order valence-electron chi connectivity index (χ4n) is 1.00. The molecule has 110 valence electrons. The molecule has 0 saturated carbocycles. The van der Waals surface area contributed by atoms with Crippen LogP contribution in [0.15, 0.2) is 12.2 Å². The topological polar surface area (TPSA) is 73.9 Å². The minimum absolute atomic E-state index is 0.173. The Morgan fingerprint density at radius 1 is 1.11 bits per heavy atom. The van der Waals surface area contributed by atoms with Gasteiger partial charge in [0.15, 0.2) is 0 Å². The molecule has 0 heterocycles. The van der Waals surface area contributed by atoms with Crippen LogP contribution in [0.1, 0.15) is 26.7 Å². The summed E-state index contributed by atoms with van der Waals surface area (Å²) in [4.78, 5) is 22.1. The molecule has 0 aliphatic heterocycles. The maximum absolute atomic E-state index is 11.1. The third-order valence-electron chi connectivity index (χ3n) is 2.06. The SMILES string of the molecule is C=C(C)C(=O)OCCOCCNC(=O)OCCCC. The smallest absolute Gasteiger partial charge is 0.407 e. The molecule has 0 aromatic carbocycles. The van der Waals surface area contributed by atoms with E-state index in [9.17, 15) is 9.59 Å². The summed E-state index contributed by atoms with van der Waals surface area (Å²) in [6.45, 7) is 8.65. The van der Waals surface area contributed by atoms with Crippen molar-refractivity contribution in [3.63, 3.8) is 0 Å². The monoisotopic (exact) mass is 273 g/mol. The van der Waals surface area contributed by atoms with E-state index in [2.05, 4.69) is 11.9 Å². The number of hydrogen-bond acceptors (Lipinski definition) is 5. The average molecular weight is 273 g/mol. The Bertz CT molecular complexity index is 291. The van der Waals surface area contributed by atoms with Gasteiger partial charge in [-0.2, -0.15) is 0 Å². The minimum atomic E-state index is -0.439. The van der Waals surface area contributed by atoms with Crippen LogP contribution < -0.4 is 5.32 Å². The Balaban J connectivity index is 3.29. The van der Waals surface area contributed by atoms with Crippen LogP contribution in [0, 0.1) is 0 Å². The molecule has 1 N–H and O–H groups in total. The van der Waals surface area contributed by atoms with Gasteiger partial charge in [0.1, 0.15) is 6.61 Å². The second kappa shape index (κ2) is 11.5. The first-order valence-electron chi connectivity index (χ1n) is 6.39. The Hall–Kier alpha value is -1.56. The number of nitrogens with one attached hydrogen (secondary N) is 1. The normalized spacial score (nSPS) is 9.79. The van der Waals surface area contributed by atoms with Gasteiger partial charge >= 0.3 is 12.1 Å². The van der Waals surface area contributed by atoms with Crippen molar-refractivity contribution in [1.29, 1.82) is 0 Å². The molecule has 0 fully saturated rings. The Kier molecular flexibility index (Phi) is 10.6. The van der Waals surface area contributed by atoms with Crippen LogP contribution >= 0.6 is 0 Å². The summed E-state index contributed by atoms with van der Waals surface area (Å²) >= 11 is 0. The van der Waals surface area contributed by atoms with Crippen molar-refractivity contribution in [2.75, 3.05) is 33.0 Å². The lowest BCUT2D eigenvalue weighted by Gasteiger charge is -2.07. The van der Waals surface area contributed by atoms with Crippen molar-refractivity contribution < 1.29 is 23.8 Å². The van der Waals surface area contributed by atoms with Crippen molar-refractivity contribution in [3.8, 4) is 0 Å². The van der Waals surface area contributed by atoms with Gasteiger partial charge in [0.05, 0.1) is 19.8 Å². The van der Waals surface area contributed by atoms with Crippen LogP contribution in [0.5, 0.6) is 0 Å². The first kappa shape index (κ1) is 17.4. The van der Waals surface area contributed by atoms with E-state index < -0.39 is 12.1 Å². The quantitative estimate of drug-likeness (QED) is 0.372. The van der Waals surface area contributed by atoms with Crippen LogP contribution in [-0.4, -0.2) is 45.0 Å². The van der Waals surface area contributed by atoms with Gasteiger partial charge in [-0.1, -0.05) is 19.9 Å². The van der Waals surface area contributed by atoms with Crippen LogP contribution in [0.2, 0.25) is 0 Å². The summed E-state index contributed by atoms with van der Waals surface area (Å²) in [5.41, 5.74) is 0.358. The lowest BCUT2D eigenvalue weighted by atomic mass is 10.4. The predicted octanol–water partition coefficient (Wildman–Crippen LogP) is 1.65. The van der Waals surface area contributed by atoms with Crippen LogP contribution in [0.4, 0.5) is 4.79 Å². The number of ether oxygens (including phenoxy) is 3. The van der Waals surface area contributed by atoms with E-state index in [0.717, 1.165) is 12.8 Å². The van der Waals surface area contributed by atoms with E-state index in [-0.39, 0.29) is 13.2 Å². The lowest BCUT2D eigenvalue weighted by molar-refractivity contribution is -0.140. The van der Waals surface area contributed by atoms with Gasteiger partial charge in [-0.05, 0) is 13.3 Å². The number of carbonyl (C=O) groups is 2. The average Bonchev–Trinajstić information content (AvgIpc) is 2.37. The molecule has 0 unspecified atom stereocenters. The summed E-state index contributed by atoms with van der Waals surface area (Å²) in [7, 11) is 0. The van der Waals surface area contributed by atoms with Crippen molar-refractivity contribution in [2.24, 2.45) is 0 Å². The fraction of sp³-hybridized carbons (Fsp3) is 0.692. The van der Waals surface area contributed by atoms with Gasteiger partial charge in [0.2, 0.25) is 0 Å². The standard InChI is InChI=1S/C13H23NO5/c1-4-5-7-19-13(16)14-6-8-17-9-10-18-12(15)11(2)3/h2,4-10H2,1,3H3,(H,14,16). The summed E-state index contributed by atoms with van der Waals surface area (Å²) < 4.78 is 14.9. The molecule has 0 radical (unpaired) electrons. The van der Waals surface area contributed by atoms with E-state index in [1.54, 1.807) is 6.92 Å². The number of carbonyl (C=O) groups excluding carboxylic acids is 2. The van der Waals surface area contributed by atoms with Crippen molar-refractivity contribution >= 4 is 12.1 Å². The molecule has 0 aromatic heterocycles. The molecule has 0 bridgehead atoms. The Labute approximate surface area is 114 Å². The number of esters is 1. The molecule has 0 atom stereocenters. The first-order valence-corrected chi connectivity index (χ1v) is 6.39. The van der Waals surface area contributed by atoms with Gasteiger partial charge in [0.25, 0.3) is 0 Å². The van der Waals surface area contributed by atoms with E-state index in [1.165, 1.54) is 0 Å². The van der Waals surface area contributed by atoms with Crippen LogP contribution in [-0.2, 0) is 19.0 Å². The van der Waals surface area contributed by atoms with Crippen LogP contribution in [0.3, 0.4) is 0 Å². The van der Waals surface area contributed by atoms with E-state index in [4.69, 9.17) is 14.2 Å². The highest BCUT2D eigenvalue weighted by atomic mass is 16.6. The van der Waals surface area contributed by atoms with Crippen molar-refractivity contribution in [2.45, 2.75) is 26.7 Å². The lowest BCUT2D eigenvalue weighted by Crippen LogP contribution is -2.28. The Morgan fingerprint density at radius 2 is 1.84 bits per heavy atom. The number of alkyl carbamates (subject to hydrolysis) is 1. The molecular formula is C13H23NO5. The highest BCUT2D eigenvalue weighted by Gasteiger charge is 2.02. The fourth-order valence-corrected chi connectivity index (χ4v) is 1.00. The molecule has 6 heteroatoms. The molecule has 19 heavy (non-hydrogen) atoms. The van der Waals surface area contributed by atoms with E-state index in [0.29, 0.717) is 25.3 Å². The zero-order valence-corrected chi connectivity index (χ0v) is 11.7. The molecule has 1 amide bonds. The first-order chi connectivity index (χ1) is 9.07. The maximum atomic E-state index is 11.1. The number of hydrogen-bond donors (Lipinski definition) is 1. The third-order valence-corrected chi connectivity index (χ3v) is 2.06. The molecule has 0 spiro atoms. The van der Waals surface area contributed by atoms with Gasteiger partial charge in [-0.15, -0.1) is 0 Å². The second-order valence-corrected chi connectivity index (χ2v) is 3.94. The van der Waals surface area contributed by atoms with Gasteiger partial charge in [-0.25, -0.2) is 9.59 Å².